The highest BCUT2D eigenvalue weighted by Gasteiger charge is 2.31. The Morgan fingerprint density at radius 2 is 1.69 bits per heavy atom. The Morgan fingerprint density at radius 1 is 1.04 bits per heavy atom. The number of hydrogen-bond donors (Lipinski definition) is 1. The van der Waals surface area contributed by atoms with Crippen molar-refractivity contribution in [3.05, 3.63) is 48.0 Å². The number of nitrogens with zero attached hydrogens (tertiary/aromatic N) is 1. The average molecular weight is 396 g/mol. The van der Waals surface area contributed by atoms with Gasteiger partial charge in [-0.1, -0.05) is 0 Å². The van der Waals surface area contributed by atoms with Crippen LogP contribution in [-0.4, -0.2) is 37.0 Å². The van der Waals surface area contributed by atoms with Gasteiger partial charge < -0.3 is 4.74 Å². The van der Waals surface area contributed by atoms with E-state index in [1.165, 1.54) is 35.6 Å². The van der Waals surface area contributed by atoms with E-state index >= 15 is 0 Å². The fourth-order valence-electron chi connectivity index (χ4n) is 2.88. The van der Waals surface area contributed by atoms with Gasteiger partial charge >= 0.3 is 0 Å². The molecule has 0 fully saturated rings. The molecule has 0 unspecified atom stereocenters. The van der Waals surface area contributed by atoms with Crippen molar-refractivity contribution < 1.29 is 21.6 Å². The van der Waals surface area contributed by atoms with Gasteiger partial charge in [0.1, 0.15) is 5.75 Å². The third kappa shape index (κ3) is 3.29. The molecule has 140 valence electrons. The van der Waals surface area contributed by atoms with E-state index in [1.54, 1.807) is 18.2 Å². The Kier molecular flexibility index (Phi) is 4.96. The van der Waals surface area contributed by atoms with Gasteiger partial charge in [0, 0.05) is 6.54 Å². The Labute approximate surface area is 153 Å². The lowest BCUT2D eigenvalue weighted by Crippen LogP contribution is -2.29. The Hall–Kier alpha value is -2.10. The lowest BCUT2D eigenvalue weighted by Gasteiger charge is -2.20. The third-order valence-corrected chi connectivity index (χ3v) is 7.45. The van der Waals surface area contributed by atoms with Gasteiger partial charge in [-0.15, -0.1) is 0 Å². The molecule has 1 aliphatic heterocycles. The van der Waals surface area contributed by atoms with E-state index < -0.39 is 20.0 Å². The highest BCUT2D eigenvalue weighted by atomic mass is 32.2. The van der Waals surface area contributed by atoms with Crippen molar-refractivity contribution in [3.63, 3.8) is 0 Å². The van der Waals surface area contributed by atoms with Crippen molar-refractivity contribution >= 4 is 25.7 Å². The number of hydrogen-bond acceptors (Lipinski definition) is 5. The molecule has 0 aromatic heterocycles. The molecular formula is C17H20N2O5S2. The Bertz CT molecular complexity index is 1020. The molecular weight excluding hydrogens is 376 g/mol. The van der Waals surface area contributed by atoms with Gasteiger partial charge in [-0.2, -0.15) is 0 Å². The summed E-state index contributed by atoms with van der Waals surface area (Å²) in [4.78, 5) is 0.291. The molecule has 0 amide bonds. The van der Waals surface area contributed by atoms with E-state index in [0.29, 0.717) is 30.0 Å². The maximum absolute atomic E-state index is 13.0. The van der Waals surface area contributed by atoms with Gasteiger partial charge in [0.2, 0.25) is 10.0 Å². The highest BCUT2D eigenvalue weighted by molar-refractivity contribution is 7.92. The minimum atomic E-state index is -3.72. The summed E-state index contributed by atoms with van der Waals surface area (Å²) in [6.07, 6.45) is 0.457. The second-order valence-corrected chi connectivity index (χ2v) is 9.48. The van der Waals surface area contributed by atoms with Crippen molar-refractivity contribution in [2.24, 2.45) is 0 Å². The number of fused-ring (bicyclic) bond motifs is 1. The van der Waals surface area contributed by atoms with Crippen LogP contribution in [0.3, 0.4) is 0 Å². The lowest BCUT2D eigenvalue weighted by atomic mass is 10.2. The maximum Gasteiger partial charge on any atom is 0.264 e. The van der Waals surface area contributed by atoms with E-state index in [-0.39, 0.29) is 16.3 Å². The largest absolute Gasteiger partial charge is 0.494 e. The molecule has 2 aromatic carbocycles. The van der Waals surface area contributed by atoms with Crippen molar-refractivity contribution in [1.82, 2.24) is 4.72 Å². The topological polar surface area (TPSA) is 92.8 Å². The van der Waals surface area contributed by atoms with Crippen LogP contribution in [0.4, 0.5) is 5.69 Å². The maximum atomic E-state index is 13.0. The molecule has 26 heavy (non-hydrogen) atoms. The normalized spacial score (nSPS) is 14.3. The second-order valence-electron chi connectivity index (χ2n) is 5.73. The average Bonchev–Trinajstić information content (AvgIpc) is 3.06. The molecule has 0 atom stereocenters. The lowest BCUT2D eigenvalue weighted by molar-refractivity contribution is 0.340. The second kappa shape index (κ2) is 6.90. The van der Waals surface area contributed by atoms with Crippen LogP contribution >= 0.6 is 0 Å². The molecule has 1 aliphatic rings. The van der Waals surface area contributed by atoms with Gasteiger partial charge in [0.15, 0.2) is 0 Å². The molecule has 0 bridgehead atoms. The van der Waals surface area contributed by atoms with E-state index in [0.717, 1.165) is 0 Å². The summed E-state index contributed by atoms with van der Waals surface area (Å²) < 4.78 is 58.7. The molecule has 9 heteroatoms. The van der Waals surface area contributed by atoms with E-state index in [9.17, 15) is 16.8 Å². The molecule has 0 saturated carbocycles. The van der Waals surface area contributed by atoms with Crippen LogP contribution in [-0.2, 0) is 26.5 Å². The minimum Gasteiger partial charge on any atom is -0.494 e. The number of ether oxygens (including phenoxy) is 1. The van der Waals surface area contributed by atoms with Crippen LogP contribution in [0.2, 0.25) is 0 Å². The van der Waals surface area contributed by atoms with Gasteiger partial charge in [-0.05, 0) is 68.4 Å². The molecule has 0 spiro atoms. The summed E-state index contributed by atoms with van der Waals surface area (Å²) in [5.41, 5.74) is 1.20. The van der Waals surface area contributed by atoms with Gasteiger partial charge in [0.25, 0.3) is 10.0 Å². The molecule has 1 heterocycles. The predicted molar refractivity (Wildman–Crippen MR) is 98.5 cm³/mol. The van der Waals surface area contributed by atoms with E-state index in [4.69, 9.17) is 4.74 Å². The zero-order valence-electron chi connectivity index (χ0n) is 14.5. The monoisotopic (exact) mass is 396 g/mol. The van der Waals surface area contributed by atoms with Crippen LogP contribution in [0.25, 0.3) is 0 Å². The first-order valence-electron chi connectivity index (χ1n) is 8.11. The summed E-state index contributed by atoms with van der Waals surface area (Å²) in [5, 5.41) is 0. The number of nitrogens with one attached hydrogen (secondary N) is 1. The summed E-state index contributed by atoms with van der Waals surface area (Å²) in [7, 11) is -5.95. The summed E-state index contributed by atoms with van der Waals surface area (Å²) >= 11 is 0. The Morgan fingerprint density at radius 3 is 2.31 bits per heavy atom. The van der Waals surface area contributed by atoms with Crippen LogP contribution in [0.5, 0.6) is 5.75 Å². The van der Waals surface area contributed by atoms with Crippen LogP contribution < -0.4 is 13.8 Å². The first-order chi connectivity index (χ1) is 12.3. The van der Waals surface area contributed by atoms with Crippen molar-refractivity contribution in [2.75, 3.05) is 24.5 Å². The fraction of sp³-hybridized carbons (Fsp3) is 0.294. The quantitative estimate of drug-likeness (QED) is 0.803. The highest BCUT2D eigenvalue weighted by Crippen LogP contribution is 2.34. The molecule has 1 N–H and O–H groups in total. The van der Waals surface area contributed by atoms with Crippen molar-refractivity contribution in [2.45, 2.75) is 23.1 Å². The van der Waals surface area contributed by atoms with Gasteiger partial charge in [-0.3, -0.25) is 4.31 Å². The van der Waals surface area contributed by atoms with E-state index in [2.05, 4.69) is 4.72 Å². The molecule has 0 saturated heterocycles. The number of rotatable bonds is 6. The number of anilines is 1. The molecule has 0 aliphatic carbocycles. The minimum absolute atomic E-state index is 0.124. The Balaban J connectivity index is 1.95. The van der Waals surface area contributed by atoms with E-state index in [1.807, 2.05) is 6.92 Å². The summed E-state index contributed by atoms with van der Waals surface area (Å²) in [6.45, 7) is 2.63. The van der Waals surface area contributed by atoms with Gasteiger partial charge in [0.05, 0.1) is 22.1 Å². The first-order valence-corrected chi connectivity index (χ1v) is 11.0. The summed E-state index contributed by atoms with van der Waals surface area (Å²) in [5.74, 6) is 0.607. The van der Waals surface area contributed by atoms with Crippen LogP contribution in [0.15, 0.2) is 52.3 Å². The standard InChI is InChI=1S/C17H20N2O5S2/c1-3-24-14-4-6-15(7-5-14)26(22,23)19-11-10-13-12-16(8-9-17(13)19)25(20,21)18-2/h4-9,12,18H,3,10-11H2,1-2H3. The van der Waals surface area contributed by atoms with Crippen molar-refractivity contribution in [1.29, 1.82) is 0 Å². The molecule has 3 rings (SSSR count). The van der Waals surface area contributed by atoms with Crippen LogP contribution in [0.1, 0.15) is 12.5 Å². The molecule has 7 nitrogen and oxygen atoms in total. The predicted octanol–water partition coefficient (Wildman–Crippen LogP) is 1.74. The molecule has 0 radical (unpaired) electrons. The zero-order chi connectivity index (χ0) is 18.9. The first kappa shape index (κ1) is 18.7. The summed E-state index contributed by atoms with van der Waals surface area (Å²) in [6, 6.07) is 10.7. The number of sulfonamides is 2. The fourth-order valence-corrected chi connectivity index (χ4v) is 5.17. The molecule has 2 aromatic rings. The zero-order valence-corrected chi connectivity index (χ0v) is 16.1. The van der Waals surface area contributed by atoms with Crippen molar-refractivity contribution in [3.8, 4) is 5.75 Å². The SMILES string of the molecule is CCOc1ccc(S(=O)(=O)N2CCc3cc(S(=O)(=O)NC)ccc32)cc1. The third-order valence-electron chi connectivity index (χ3n) is 4.21. The smallest absolute Gasteiger partial charge is 0.264 e. The van der Waals surface area contributed by atoms with Crippen LogP contribution in [0, 0.1) is 0 Å². The number of benzene rings is 2. The van der Waals surface area contributed by atoms with Gasteiger partial charge in [-0.25, -0.2) is 21.6 Å².